The van der Waals surface area contributed by atoms with Gasteiger partial charge in [0.2, 0.25) is 10.0 Å². The Labute approximate surface area is 237 Å². The van der Waals surface area contributed by atoms with Crippen molar-refractivity contribution < 1.29 is 31.2 Å². The van der Waals surface area contributed by atoms with Crippen LogP contribution in [-0.2, 0) is 14.8 Å². The summed E-state index contributed by atoms with van der Waals surface area (Å²) in [5, 5.41) is 9.37. The number of halogens is 5. The number of nitrogens with one attached hydrogen (secondary N) is 4. The van der Waals surface area contributed by atoms with Crippen LogP contribution in [0, 0.1) is 5.92 Å². The number of carbonyl (C=O) groups is 2. The van der Waals surface area contributed by atoms with Crippen molar-refractivity contribution in [1.29, 1.82) is 0 Å². The van der Waals surface area contributed by atoms with Gasteiger partial charge in [0.1, 0.15) is 4.90 Å². The third-order valence-corrected chi connectivity index (χ3v) is 8.28. The van der Waals surface area contributed by atoms with Crippen molar-refractivity contribution in [3.05, 3.63) is 28.2 Å². The van der Waals surface area contributed by atoms with Gasteiger partial charge in [0.05, 0.1) is 5.02 Å². The summed E-state index contributed by atoms with van der Waals surface area (Å²) in [5.74, 6) is -1.54. The van der Waals surface area contributed by atoms with Crippen LogP contribution in [0.25, 0.3) is 0 Å². The molecule has 222 valence electrons. The van der Waals surface area contributed by atoms with Gasteiger partial charge in [-0.2, -0.15) is 13.2 Å². The standard InChI is InChI=1S/C24H36Cl2F3N5O4S/c1-16(2)13-19(33-23(36)32-18-7-11-34(12-8-18)22(35)24(27,28)29)15-30-9-3-4-10-31-39(37,38)21-6-5-17(25)14-20(21)26/h5-6,14,16,18-19,30-31H,3-4,7-13,15H2,1-2H3,(H2,32,33,36)/t19-/m0/s1. The maximum Gasteiger partial charge on any atom is 0.471 e. The van der Waals surface area contributed by atoms with Gasteiger partial charge in [-0.3, -0.25) is 4.79 Å². The van der Waals surface area contributed by atoms with Crippen molar-refractivity contribution in [2.75, 3.05) is 32.7 Å². The van der Waals surface area contributed by atoms with Crippen LogP contribution < -0.4 is 20.7 Å². The Morgan fingerprint density at radius 2 is 1.74 bits per heavy atom. The number of sulfonamides is 1. The van der Waals surface area contributed by atoms with E-state index in [9.17, 15) is 31.2 Å². The number of piperidine rings is 1. The number of unbranched alkanes of at least 4 members (excludes halogenated alkanes) is 1. The molecule has 0 bridgehead atoms. The fourth-order valence-corrected chi connectivity index (χ4v) is 6.05. The second-order valence-corrected chi connectivity index (χ2v) is 12.5. The minimum Gasteiger partial charge on any atom is -0.335 e. The van der Waals surface area contributed by atoms with E-state index in [-0.39, 0.29) is 54.5 Å². The minimum absolute atomic E-state index is 0.0343. The lowest BCUT2D eigenvalue weighted by atomic mass is 10.0. The topological polar surface area (TPSA) is 120 Å². The summed E-state index contributed by atoms with van der Waals surface area (Å²) in [6.07, 6.45) is -2.43. The maximum atomic E-state index is 12.6. The first-order chi connectivity index (χ1) is 18.2. The number of amides is 3. The van der Waals surface area contributed by atoms with Crippen LogP contribution in [0.3, 0.4) is 0 Å². The van der Waals surface area contributed by atoms with E-state index in [1.807, 2.05) is 13.8 Å². The molecule has 0 aliphatic carbocycles. The number of urea groups is 1. The molecule has 0 radical (unpaired) electrons. The van der Waals surface area contributed by atoms with Crippen LogP contribution in [0.15, 0.2) is 23.1 Å². The normalized spacial score (nSPS) is 15.8. The summed E-state index contributed by atoms with van der Waals surface area (Å²) in [7, 11) is -3.75. The van der Waals surface area contributed by atoms with E-state index in [1.165, 1.54) is 18.2 Å². The highest BCUT2D eigenvalue weighted by Gasteiger charge is 2.43. The number of alkyl halides is 3. The molecule has 15 heteroatoms. The summed E-state index contributed by atoms with van der Waals surface area (Å²) in [5.41, 5.74) is 0. The van der Waals surface area contributed by atoms with Gasteiger partial charge >= 0.3 is 18.1 Å². The summed E-state index contributed by atoms with van der Waals surface area (Å²) < 4.78 is 65.1. The Bertz CT molecular complexity index is 1070. The van der Waals surface area contributed by atoms with E-state index in [1.54, 1.807) is 0 Å². The molecule has 1 heterocycles. The lowest BCUT2D eigenvalue weighted by molar-refractivity contribution is -0.186. The Morgan fingerprint density at radius 3 is 2.33 bits per heavy atom. The monoisotopic (exact) mass is 617 g/mol. The molecule has 2 rings (SSSR count). The van der Waals surface area contributed by atoms with Gasteiger partial charge in [-0.25, -0.2) is 17.9 Å². The zero-order chi connectivity index (χ0) is 29.2. The van der Waals surface area contributed by atoms with E-state index < -0.39 is 28.1 Å². The summed E-state index contributed by atoms with van der Waals surface area (Å²) in [6.45, 7) is 5.25. The molecule has 0 spiro atoms. The minimum atomic E-state index is -4.89. The molecule has 1 aromatic rings. The third kappa shape index (κ3) is 11.7. The van der Waals surface area contributed by atoms with Crippen LogP contribution in [0.2, 0.25) is 10.0 Å². The number of carbonyl (C=O) groups excluding carboxylic acids is 2. The van der Waals surface area contributed by atoms with Crippen molar-refractivity contribution in [1.82, 2.24) is 25.6 Å². The fourth-order valence-electron chi connectivity index (χ4n) is 4.21. The van der Waals surface area contributed by atoms with Crippen molar-refractivity contribution in [2.45, 2.75) is 69.1 Å². The van der Waals surface area contributed by atoms with Gasteiger partial charge in [0, 0.05) is 43.3 Å². The van der Waals surface area contributed by atoms with Gasteiger partial charge in [0.15, 0.2) is 0 Å². The molecule has 4 N–H and O–H groups in total. The highest BCUT2D eigenvalue weighted by molar-refractivity contribution is 7.89. The quantitative estimate of drug-likeness (QED) is 0.250. The van der Waals surface area contributed by atoms with Crippen LogP contribution in [0.4, 0.5) is 18.0 Å². The molecule has 1 fully saturated rings. The van der Waals surface area contributed by atoms with Gasteiger partial charge in [-0.1, -0.05) is 37.0 Å². The SMILES string of the molecule is CC(C)C[C@@H](CNCCCCNS(=O)(=O)c1ccc(Cl)cc1Cl)NC(=O)NC1CCN(C(=O)C(F)(F)F)CC1. The van der Waals surface area contributed by atoms with Crippen molar-refractivity contribution in [3.8, 4) is 0 Å². The zero-order valence-electron chi connectivity index (χ0n) is 21.9. The molecule has 1 aromatic carbocycles. The fraction of sp³-hybridized carbons (Fsp3) is 0.667. The first-order valence-corrected chi connectivity index (χ1v) is 15.0. The Kier molecular flexibility index (Phi) is 13.1. The van der Waals surface area contributed by atoms with E-state index in [0.29, 0.717) is 43.3 Å². The van der Waals surface area contributed by atoms with E-state index in [2.05, 4.69) is 20.7 Å². The van der Waals surface area contributed by atoms with Crippen molar-refractivity contribution in [2.24, 2.45) is 5.92 Å². The van der Waals surface area contributed by atoms with Crippen LogP contribution in [0.5, 0.6) is 0 Å². The molecule has 0 unspecified atom stereocenters. The molecule has 0 aromatic heterocycles. The second kappa shape index (κ2) is 15.3. The summed E-state index contributed by atoms with van der Waals surface area (Å²) in [4.78, 5) is 24.6. The first-order valence-electron chi connectivity index (χ1n) is 12.8. The lowest BCUT2D eigenvalue weighted by Gasteiger charge is -2.33. The molecular formula is C24H36Cl2F3N5O4S. The molecule has 39 heavy (non-hydrogen) atoms. The Hall–Kier alpha value is -1.80. The van der Waals surface area contributed by atoms with Crippen LogP contribution in [0.1, 0.15) is 46.0 Å². The number of nitrogens with zero attached hydrogens (tertiary/aromatic N) is 1. The molecular weight excluding hydrogens is 582 g/mol. The molecule has 1 aliphatic rings. The number of benzene rings is 1. The van der Waals surface area contributed by atoms with Crippen molar-refractivity contribution in [3.63, 3.8) is 0 Å². The first kappa shape index (κ1) is 33.4. The number of hydrogen-bond donors (Lipinski definition) is 4. The lowest BCUT2D eigenvalue weighted by Crippen LogP contribution is -2.53. The van der Waals surface area contributed by atoms with E-state index in [4.69, 9.17) is 23.2 Å². The number of likely N-dealkylation sites (tertiary alicyclic amines) is 1. The number of rotatable bonds is 13. The number of hydrogen-bond acceptors (Lipinski definition) is 5. The second-order valence-electron chi connectivity index (χ2n) is 9.89. The highest BCUT2D eigenvalue weighted by Crippen LogP contribution is 2.25. The molecule has 1 atom stereocenters. The molecule has 9 nitrogen and oxygen atoms in total. The summed E-state index contributed by atoms with van der Waals surface area (Å²) in [6, 6.07) is 3.27. The molecule has 1 saturated heterocycles. The van der Waals surface area contributed by atoms with Gasteiger partial charge < -0.3 is 20.9 Å². The average molecular weight is 619 g/mol. The predicted octanol–water partition coefficient (Wildman–Crippen LogP) is 3.91. The average Bonchev–Trinajstić information content (AvgIpc) is 2.82. The molecule has 3 amide bonds. The van der Waals surface area contributed by atoms with Crippen LogP contribution in [-0.4, -0.2) is 76.2 Å². The van der Waals surface area contributed by atoms with E-state index in [0.717, 1.165) is 4.90 Å². The zero-order valence-corrected chi connectivity index (χ0v) is 24.2. The van der Waals surface area contributed by atoms with Crippen LogP contribution >= 0.6 is 23.2 Å². The smallest absolute Gasteiger partial charge is 0.335 e. The Balaban J connectivity index is 1.69. The van der Waals surface area contributed by atoms with Crippen molar-refractivity contribution >= 4 is 45.2 Å². The van der Waals surface area contributed by atoms with Gasteiger partial charge in [-0.15, -0.1) is 0 Å². The largest absolute Gasteiger partial charge is 0.471 e. The van der Waals surface area contributed by atoms with E-state index >= 15 is 0 Å². The Morgan fingerprint density at radius 1 is 1.10 bits per heavy atom. The van der Waals surface area contributed by atoms with Gasteiger partial charge in [0.25, 0.3) is 0 Å². The molecule has 0 saturated carbocycles. The van der Waals surface area contributed by atoms with Gasteiger partial charge in [-0.05, 0) is 62.8 Å². The predicted molar refractivity (Wildman–Crippen MR) is 144 cm³/mol. The highest BCUT2D eigenvalue weighted by atomic mass is 35.5. The summed E-state index contributed by atoms with van der Waals surface area (Å²) >= 11 is 11.8. The third-order valence-electron chi connectivity index (χ3n) is 6.10. The molecule has 1 aliphatic heterocycles. The maximum absolute atomic E-state index is 12.6.